The zero-order valence-electron chi connectivity index (χ0n) is 7.60. The molecule has 0 aliphatic carbocycles. The molecule has 12 heavy (non-hydrogen) atoms. The lowest BCUT2D eigenvalue weighted by Gasteiger charge is -2.23. The summed E-state index contributed by atoms with van der Waals surface area (Å²) in [6.45, 7) is 8.19. The molecule has 0 atom stereocenters. The molecule has 0 radical (unpaired) electrons. The van der Waals surface area contributed by atoms with Gasteiger partial charge in [-0.1, -0.05) is 5.70 Å². The molecule has 0 saturated carbocycles. The van der Waals surface area contributed by atoms with Crippen molar-refractivity contribution in [3.05, 3.63) is 12.3 Å². The third-order valence-electron chi connectivity index (χ3n) is 1.28. The molecule has 0 aliphatic rings. The lowest BCUT2D eigenvalue weighted by atomic mass is 10.8. The van der Waals surface area contributed by atoms with Crippen LogP contribution in [0.5, 0.6) is 0 Å². The van der Waals surface area contributed by atoms with Gasteiger partial charge in [0.2, 0.25) is 11.8 Å². The molecule has 0 fully saturated rings. The van der Waals surface area contributed by atoms with E-state index in [4.69, 9.17) is 0 Å². The van der Waals surface area contributed by atoms with Crippen molar-refractivity contribution in [3.63, 3.8) is 0 Å². The van der Waals surface area contributed by atoms with E-state index in [0.29, 0.717) is 0 Å². The van der Waals surface area contributed by atoms with E-state index in [0.717, 1.165) is 0 Å². The van der Waals surface area contributed by atoms with Gasteiger partial charge in [0.1, 0.15) is 0 Å². The van der Waals surface area contributed by atoms with Gasteiger partial charge >= 0.3 is 0 Å². The first kappa shape index (κ1) is 10.9. The summed E-state index contributed by atoms with van der Waals surface area (Å²) in [7, 11) is -2.28. The molecule has 0 aromatic rings. The topological polar surface area (TPSA) is 58.2 Å². The van der Waals surface area contributed by atoms with Gasteiger partial charge in [0, 0.05) is 13.8 Å². The van der Waals surface area contributed by atoms with Crippen molar-refractivity contribution in [2.24, 2.45) is 0 Å². The van der Waals surface area contributed by atoms with E-state index in [1.54, 1.807) is 12.2 Å². The van der Waals surface area contributed by atoms with Crippen molar-refractivity contribution in [2.45, 2.75) is 20.4 Å². The molecule has 0 saturated heterocycles. The van der Waals surface area contributed by atoms with Gasteiger partial charge in [-0.2, -0.15) is 0 Å². The van der Waals surface area contributed by atoms with Crippen molar-refractivity contribution < 1.29 is 9.59 Å². The Morgan fingerprint density at radius 2 is 1.58 bits per heavy atom. The van der Waals surface area contributed by atoms with Crippen LogP contribution in [0.15, 0.2) is 12.3 Å². The van der Waals surface area contributed by atoms with Gasteiger partial charge in [-0.25, -0.2) is 0 Å². The molecule has 0 bridgehead atoms. The van der Waals surface area contributed by atoms with Crippen LogP contribution in [0, 0.1) is 0 Å². The highest BCUT2D eigenvalue weighted by Crippen LogP contribution is 1.93. The molecule has 68 valence electrons. The monoisotopic (exact) mass is 186 g/mol. The molecule has 0 heterocycles. The summed E-state index contributed by atoms with van der Waals surface area (Å²) in [5.74, 6) is -0.310. The normalized spacial score (nSPS) is 10.2. The maximum Gasteiger partial charge on any atom is 0.285 e. The molecule has 0 unspecified atom stereocenters. The molecule has 5 heteroatoms. The van der Waals surface area contributed by atoms with Crippen LogP contribution in [-0.4, -0.2) is 20.2 Å². The fourth-order valence-electron chi connectivity index (χ4n) is 0.865. The summed E-state index contributed by atoms with van der Waals surface area (Å²) < 4.78 is 0. The molecule has 0 aromatic heterocycles. The van der Waals surface area contributed by atoms with E-state index in [2.05, 4.69) is 16.5 Å². The minimum atomic E-state index is -2.28. The average molecular weight is 186 g/mol. The molecular formula is C7H14N2O2Si. The van der Waals surface area contributed by atoms with Crippen molar-refractivity contribution >= 4 is 20.2 Å². The van der Waals surface area contributed by atoms with Crippen LogP contribution in [0.1, 0.15) is 13.8 Å². The first-order valence-electron chi connectivity index (χ1n) is 3.61. The number of carbonyl (C=O) groups excluding carboxylic acids is 2. The predicted octanol–water partition coefficient (Wildman–Crippen LogP) is 0.0558. The van der Waals surface area contributed by atoms with Crippen molar-refractivity contribution in [1.82, 2.24) is 9.96 Å². The summed E-state index contributed by atoms with van der Waals surface area (Å²) in [6, 6.07) is 0. The van der Waals surface area contributed by atoms with E-state index < -0.39 is 8.40 Å². The highest BCUT2D eigenvalue weighted by atomic mass is 28.3. The predicted molar refractivity (Wildman–Crippen MR) is 49.4 cm³/mol. The highest BCUT2D eigenvalue weighted by molar-refractivity contribution is 6.82. The average Bonchev–Trinajstić information content (AvgIpc) is 1.83. The number of rotatable bonds is 3. The van der Waals surface area contributed by atoms with Crippen molar-refractivity contribution in [3.8, 4) is 0 Å². The molecule has 4 nitrogen and oxygen atoms in total. The van der Waals surface area contributed by atoms with Crippen molar-refractivity contribution in [1.29, 1.82) is 0 Å². The second-order valence-corrected chi connectivity index (χ2v) is 6.08. The minimum Gasteiger partial charge on any atom is -0.362 e. The Kier molecular flexibility index (Phi) is 3.68. The van der Waals surface area contributed by atoms with Gasteiger partial charge in [-0.3, -0.25) is 9.59 Å². The van der Waals surface area contributed by atoms with Crippen LogP contribution in [0.2, 0.25) is 6.55 Å². The fraction of sp³-hybridized carbons (Fsp3) is 0.429. The Bertz CT molecular complexity index is 199. The van der Waals surface area contributed by atoms with E-state index >= 15 is 0 Å². The summed E-state index contributed by atoms with van der Waals surface area (Å²) in [5, 5.41) is 0. The minimum absolute atomic E-state index is 0.155. The maximum absolute atomic E-state index is 10.7. The number of nitrogens with one attached hydrogen (secondary N) is 2. The third kappa shape index (κ3) is 3.92. The Morgan fingerprint density at radius 1 is 1.25 bits per heavy atom. The van der Waals surface area contributed by atoms with Crippen LogP contribution in [0.25, 0.3) is 0 Å². The second-order valence-electron chi connectivity index (χ2n) is 2.77. The molecule has 0 spiro atoms. The maximum atomic E-state index is 10.7. The quantitative estimate of drug-likeness (QED) is 0.612. The van der Waals surface area contributed by atoms with Crippen LogP contribution in [0.4, 0.5) is 0 Å². The van der Waals surface area contributed by atoms with E-state index in [1.807, 2.05) is 0 Å². The lowest BCUT2D eigenvalue weighted by Crippen LogP contribution is -2.61. The summed E-state index contributed by atoms with van der Waals surface area (Å²) in [5.41, 5.74) is 1.61. The first-order valence-corrected chi connectivity index (χ1v) is 6.18. The van der Waals surface area contributed by atoms with E-state index in [-0.39, 0.29) is 11.8 Å². The fourth-order valence-corrected chi connectivity index (χ4v) is 2.59. The standard InChI is InChI=1S/C7H14N2O2Si/c1-5-12(4,8-6(2)10)9-7(3)11/h5H,1H2,2-4H3,(H,8,10)(H,9,11). The van der Waals surface area contributed by atoms with Crippen LogP contribution in [-0.2, 0) is 9.59 Å². The zero-order valence-corrected chi connectivity index (χ0v) is 8.60. The van der Waals surface area contributed by atoms with Crippen LogP contribution >= 0.6 is 0 Å². The number of amides is 2. The Labute approximate surface area is 73.2 Å². The van der Waals surface area contributed by atoms with Gasteiger partial charge in [-0.05, 0) is 6.55 Å². The van der Waals surface area contributed by atoms with Crippen LogP contribution < -0.4 is 9.96 Å². The number of carbonyl (C=O) groups is 2. The summed E-state index contributed by atoms with van der Waals surface area (Å²) in [4.78, 5) is 26.8. The highest BCUT2D eigenvalue weighted by Gasteiger charge is 2.26. The van der Waals surface area contributed by atoms with E-state index in [1.165, 1.54) is 13.8 Å². The van der Waals surface area contributed by atoms with Gasteiger partial charge < -0.3 is 9.96 Å². The smallest absolute Gasteiger partial charge is 0.285 e. The molecule has 0 aromatic carbocycles. The van der Waals surface area contributed by atoms with Gasteiger partial charge in [0.15, 0.2) is 0 Å². The Balaban J connectivity index is 4.33. The van der Waals surface area contributed by atoms with Gasteiger partial charge in [0.05, 0.1) is 0 Å². The number of hydrogen-bond donors (Lipinski definition) is 2. The Morgan fingerprint density at radius 3 is 1.75 bits per heavy atom. The third-order valence-corrected chi connectivity index (χ3v) is 3.84. The SMILES string of the molecule is C=C[Si](C)(NC(C)=O)NC(C)=O. The van der Waals surface area contributed by atoms with E-state index in [9.17, 15) is 9.59 Å². The summed E-state index contributed by atoms with van der Waals surface area (Å²) in [6.07, 6.45) is 0. The molecule has 0 rings (SSSR count). The Hall–Kier alpha value is -1.10. The molecule has 2 N–H and O–H groups in total. The largest absolute Gasteiger partial charge is 0.362 e. The van der Waals surface area contributed by atoms with Gasteiger partial charge in [-0.15, -0.1) is 6.58 Å². The number of hydrogen-bond acceptors (Lipinski definition) is 2. The lowest BCUT2D eigenvalue weighted by molar-refractivity contribution is -0.117. The van der Waals surface area contributed by atoms with Crippen LogP contribution in [0.3, 0.4) is 0 Å². The first-order chi connectivity index (χ1) is 5.39. The second kappa shape index (κ2) is 4.06. The molecular weight excluding hydrogens is 172 g/mol. The zero-order chi connectivity index (χ0) is 9.78. The van der Waals surface area contributed by atoms with Gasteiger partial charge in [0.25, 0.3) is 8.40 Å². The molecule has 0 aliphatic heterocycles. The molecule has 2 amide bonds. The van der Waals surface area contributed by atoms with Crippen molar-refractivity contribution in [2.75, 3.05) is 0 Å². The summed E-state index contributed by atoms with van der Waals surface area (Å²) >= 11 is 0.